The Hall–Kier alpha value is -8.61. The number of hydrogen-bond donors (Lipinski definition) is 0. The van der Waals surface area contributed by atoms with E-state index < -0.39 is 0 Å². The van der Waals surface area contributed by atoms with E-state index in [0.717, 1.165) is 99.5 Å². The van der Waals surface area contributed by atoms with Gasteiger partial charge in [-0.25, -0.2) is 15.0 Å². The fourth-order valence-electron chi connectivity index (χ4n) is 9.41. The quantitative estimate of drug-likeness (QED) is 0.167. The van der Waals surface area contributed by atoms with Gasteiger partial charge in [-0.2, -0.15) is 0 Å². The Balaban J connectivity index is 0.985. The number of fused-ring (bicyclic) bond motifs is 9. The lowest BCUT2D eigenvalue weighted by atomic mass is 9.97. The van der Waals surface area contributed by atoms with Crippen LogP contribution in [-0.4, -0.2) is 19.5 Å². The molecule has 9 aromatic carbocycles. The van der Waals surface area contributed by atoms with Crippen molar-refractivity contribution in [2.24, 2.45) is 0 Å². The summed E-state index contributed by atoms with van der Waals surface area (Å²) >= 11 is 0. The van der Waals surface area contributed by atoms with E-state index in [0.29, 0.717) is 17.5 Å². The molecule has 0 atom stereocenters. The number of nitrogens with zero attached hydrogens (tertiary/aromatic N) is 4. The number of rotatable bonds is 6. The van der Waals surface area contributed by atoms with Crippen molar-refractivity contribution in [3.05, 3.63) is 206 Å². The van der Waals surface area contributed by atoms with E-state index in [4.69, 9.17) is 23.8 Å². The molecule has 4 aromatic heterocycles. The largest absolute Gasteiger partial charge is 0.456 e. The van der Waals surface area contributed by atoms with Gasteiger partial charge in [-0.3, -0.25) is 0 Å². The van der Waals surface area contributed by atoms with Gasteiger partial charge in [0.1, 0.15) is 22.3 Å². The molecule has 0 aliphatic carbocycles. The summed E-state index contributed by atoms with van der Waals surface area (Å²) < 4.78 is 15.8. The molecule has 0 aliphatic heterocycles. The summed E-state index contributed by atoms with van der Waals surface area (Å²) in [6.45, 7) is 0. The third-order valence-corrected chi connectivity index (χ3v) is 12.3. The highest BCUT2D eigenvalue weighted by atomic mass is 16.3. The Kier molecular flexibility index (Phi) is 7.80. The molecular weight excluding hydrogens is 773 g/mol. The molecule has 0 amide bonds. The number of hydrogen-bond acceptors (Lipinski definition) is 5. The van der Waals surface area contributed by atoms with Crippen molar-refractivity contribution in [1.82, 2.24) is 19.5 Å². The molecule has 0 N–H and O–H groups in total. The number of aromatic nitrogens is 4. The van der Waals surface area contributed by atoms with E-state index in [-0.39, 0.29) is 0 Å². The Labute approximate surface area is 361 Å². The minimum Gasteiger partial charge on any atom is -0.456 e. The van der Waals surface area contributed by atoms with Gasteiger partial charge >= 0.3 is 0 Å². The monoisotopic (exact) mass is 806 g/mol. The molecule has 0 aliphatic rings. The normalized spacial score (nSPS) is 11.8. The smallest absolute Gasteiger partial charge is 0.164 e. The second kappa shape index (κ2) is 14.0. The fourth-order valence-corrected chi connectivity index (χ4v) is 9.41. The number of para-hydroxylation sites is 5. The zero-order chi connectivity index (χ0) is 41.4. The van der Waals surface area contributed by atoms with Crippen LogP contribution in [0.5, 0.6) is 0 Å². The second-order valence-corrected chi connectivity index (χ2v) is 15.9. The summed E-state index contributed by atoms with van der Waals surface area (Å²) in [6.07, 6.45) is 0. The molecule has 4 heterocycles. The minimum atomic E-state index is 0.545. The Morgan fingerprint density at radius 3 is 1.65 bits per heavy atom. The standard InChI is InChI=1S/C57H34N4O2/c1-3-16-35(17-4-1)46-32-38(34-52-53(46)45-23-10-14-29-50(45)62-52)57-59-55(36-18-5-2-6-19-36)58-56(60-57)37-30-31-42-44-25-15-24-43(54(44)63-51(42)33-37)41-22-9-13-28-49(41)61-47-26-11-7-20-39(47)40-21-8-12-27-48(40)61/h1-34H. The van der Waals surface area contributed by atoms with Crippen LogP contribution < -0.4 is 0 Å². The first-order valence-electron chi connectivity index (χ1n) is 21.1. The lowest BCUT2D eigenvalue weighted by Crippen LogP contribution is -2.00. The lowest BCUT2D eigenvalue weighted by Gasteiger charge is -2.14. The maximum atomic E-state index is 6.93. The van der Waals surface area contributed by atoms with Gasteiger partial charge in [0.25, 0.3) is 0 Å². The summed E-state index contributed by atoms with van der Waals surface area (Å²) in [5.74, 6) is 1.67. The van der Waals surface area contributed by atoms with Crippen LogP contribution in [0.1, 0.15) is 0 Å². The number of benzene rings is 9. The molecule has 0 radical (unpaired) electrons. The zero-order valence-corrected chi connectivity index (χ0v) is 33.7. The Bertz CT molecular complexity index is 3870. The van der Waals surface area contributed by atoms with E-state index in [1.807, 2.05) is 48.5 Å². The van der Waals surface area contributed by atoms with Crippen LogP contribution in [0.15, 0.2) is 215 Å². The predicted octanol–water partition coefficient (Wildman–Crippen LogP) is 15.1. The molecule has 0 unspecified atom stereocenters. The van der Waals surface area contributed by atoms with Crippen molar-refractivity contribution in [3.63, 3.8) is 0 Å². The van der Waals surface area contributed by atoms with E-state index in [1.54, 1.807) is 0 Å². The van der Waals surface area contributed by atoms with Gasteiger partial charge in [-0.1, -0.05) is 158 Å². The van der Waals surface area contributed by atoms with E-state index in [2.05, 4.69) is 162 Å². The highest BCUT2D eigenvalue weighted by molar-refractivity contribution is 6.14. The molecule has 0 saturated carbocycles. The summed E-state index contributed by atoms with van der Waals surface area (Å²) in [6, 6.07) is 71.4. The Morgan fingerprint density at radius 1 is 0.317 bits per heavy atom. The van der Waals surface area contributed by atoms with Gasteiger partial charge in [-0.15, -0.1) is 0 Å². The van der Waals surface area contributed by atoms with Crippen LogP contribution in [0.25, 0.3) is 128 Å². The van der Waals surface area contributed by atoms with E-state index >= 15 is 0 Å². The van der Waals surface area contributed by atoms with E-state index in [9.17, 15) is 0 Å². The molecule has 294 valence electrons. The van der Waals surface area contributed by atoms with Gasteiger partial charge in [0.2, 0.25) is 0 Å². The predicted molar refractivity (Wildman–Crippen MR) is 256 cm³/mol. The molecule has 0 saturated heterocycles. The van der Waals surface area contributed by atoms with Crippen LogP contribution in [0, 0.1) is 0 Å². The summed E-state index contributed by atoms with van der Waals surface area (Å²) in [5.41, 5.74) is 13.4. The minimum absolute atomic E-state index is 0.545. The third-order valence-electron chi connectivity index (χ3n) is 12.3. The highest BCUT2D eigenvalue weighted by Crippen LogP contribution is 2.43. The van der Waals surface area contributed by atoms with Gasteiger partial charge in [0.15, 0.2) is 17.5 Å². The van der Waals surface area contributed by atoms with Crippen molar-refractivity contribution < 1.29 is 8.83 Å². The van der Waals surface area contributed by atoms with Crippen LogP contribution in [-0.2, 0) is 0 Å². The molecule has 0 bridgehead atoms. The van der Waals surface area contributed by atoms with Gasteiger partial charge in [-0.05, 0) is 59.7 Å². The van der Waals surface area contributed by atoms with E-state index in [1.165, 1.54) is 10.8 Å². The highest BCUT2D eigenvalue weighted by Gasteiger charge is 2.21. The lowest BCUT2D eigenvalue weighted by molar-refractivity contribution is 0.669. The van der Waals surface area contributed by atoms with Crippen molar-refractivity contribution in [1.29, 1.82) is 0 Å². The molecule has 63 heavy (non-hydrogen) atoms. The summed E-state index contributed by atoms with van der Waals surface area (Å²) in [4.78, 5) is 15.4. The molecule has 13 aromatic rings. The van der Waals surface area contributed by atoms with Crippen molar-refractivity contribution in [3.8, 4) is 62.1 Å². The maximum Gasteiger partial charge on any atom is 0.164 e. The molecule has 6 heteroatoms. The molecule has 6 nitrogen and oxygen atoms in total. The Morgan fingerprint density at radius 2 is 0.889 bits per heavy atom. The molecular formula is C57H34N4O2. The van der Waals surface area contributed by atoms with Crippen molar-refractivity contribution >= 4 is 65.7 Å². The second-order valence-electron chi connectivity index (χ2n) is 15.9. The first-order chi connectivity index (χ1) is 31.2. The van der Waals surface area contributed by atoms with Crippen LogP contribution in [0.3, 0.4) is 0 Å². The maximum absolute atomic E-state index is 6.93. The van der Waals surface area contributed by atoms with Gasteiger partial charge in [0.05, 0.1) is 16.7 Å². The van der Waals surface area contributed by atoms with Gasteiger partial charge in [0, 0.05) is 60.1 Å². The molecule has 13 rings (SSSR count). The van der Waals surface area contributed by atoms with Crippen molar-refractivity contribution in [2.75, 3.05) is 0 Å². The average molecular weight is 807 g/mol. The fraction of sp³-hybridized carbons (Fsp3) is 0. The summed E-state index contributed by atoms with van der Waals surface area (Å²) in [7, 11) is 0. The molecule has 0 spiro atoms. The van der Waals surface area contributed by atoms with Crippen LogP contribution >= 0.6 is 0 Å². The zero-order valence-electron chi connectivity index (χ0n) is 33.7. The summed E-state index contributed by atoms with van der Waals surface area (Å²) in [5, 5.41) is 6.63. The number of furan rings is 2. The first kappa shape index (κ1) is 35.2. The third kappa shape index (κ3) is 5.62. The van der Waals surface area contributed by atoms with Crippen molar-refractivity contribution in [2.45, 2.75) is 0 Å². The van der Waals surface area contributed by atoms with Crippen LogP contribution in [0.4, 0.5) is 0 Å². The first-order valence-corrected chi connectivity index (χ1v) is 21.1. The van der Waals surface area contributed by atoms with Gasteiger partial charge < -0.3 is 13.4 Å². The van der Waals surface area contributed by atoms with Crippen LogP contribution in [0.2, 0.25) is 0 Å². The topological polar surface area (TPSA) is 69.9 Å². The molecule has 0 fully saturated rings. The SMILES string of the molecule is c1ccc(-c2nc(-c3ccc4c(c3)oc3c(-c5ccccc5-n5c6ccccc6c6ccccc65)cccc34)nc(-c3cc(-c4ccccc4)c4c(c3)oc3ccccc34)n2)cc1. The average Bonchev–Trinajstić information content (AvgIpc) is 4.03.